The van der Waals surface area contributed by atoms with Crippen LogP contribution in [0.1, 0.15) is 10.4 Å². The third-order valence-electron chi connectivity index (χ3n) is 2.83. The largest absolute Gasteiger partial charge is 0.482 e. The van der Waals surface area contributed by atoms with Crippen molar-refractivity contribution in [3.05, 3.63) is 58.3 Å². The number of benzene rings is 1. The summed E-state index contributed by atoms with van der Waals surface area (Å²) in [7, 11) is 0. The van der Waals surface area contributed by atoms with E-state index < -0.39 is 5.97 Å². The molecule has 0 aliphatic heterocycles. The molecule has 0 aliphatic rings. The van der Waals surface area contributed by atoms with Gasteiger partial charge in [0.15, 0.2) is 6.61 Å². The van der Waals surface area contributed by atoms with Crippen molar-refractivity contribution in [1.82, 2.24) is 10.3 Å². The van der Waals surface area contributed by atoms with Crippen LogP contribution in [0.3, 0.4) is 0 Å². The third kappa shape index (κ3) is 5.72. The zero-order valence-corrected chi connectivity index (χ0v) is 14.0. The number of carbonyl (C=O) groups excluding carboxylic acids is 2. The van der Waals surface area contributed by atoms with Gasteiger partial charge in [0, 0.05) is 17.4 Å². The molecule has 2 aromatic rings. The molecule has 0 saturated carbocycles. The molecule has 2 rings (SSSR count). The lowest BCUT2D eigenvalue weighted by Gasteiger charge is -2.09. The second kappa shape index (κ2) is 9.10. The van der Waals surface area contributed by atoms with Gasteiger partial charge in [-0.25, -0.2) is 4.79 Å². The molecule has 24 heavy (non-hydrogen) atoms. The van der Waals surface area contributed by atoms with Crippen LogP contribution in [-0.4, -0.2) is 36.6 Å². The van der Waals surface area contributed by atoms with Crippen molar-refractivity contribution in [3.8, 4) is 5.75 Å². The van der Waals surface area contributed by atoms with E-state index in [1.165, 1.54) is 18.5 Å². The van der Waals surface area contributed by atoms with Crippen LogP contribution >= 0.6 is 23.2 Å². The Morgan fingerprint density at radius 2 is 1.88 bits per heavy atom. The Morgan fingerprint density at radius 3 is 2.58 bits per heavy atom. The summed E-state index contributed by atoms with van der Waals surface area (Å²) in [5.41, 5.74) is 0.400. The minimum Gasteiger partial charge on any atom is -0.482 e. The minimum absolute atomic E-state index is 0.0502. The van der Waals surface area contributed by atoms with Gasteiger partial charge in [-0.05, 0) is 30.3 Å². The van der Waals surface area contributed by atoms with Gasteiger partial charge in [0.1, 0.15) is 12.4 Å². The molecule has 0 spiro atoms. The normalized spacial score (nSPS) is 10.1. The first kappa shape index (κ1) is 18.0. The Kier molecular flexibility index (Phi) is 6.84. The highest BCUT2D eigenvalue weighted by atomic mass is 35.5. The topological polar surface area (TPSA) is 77.5 Å². The number of esters is 1. The maximum atomic E-state index is 11.7. The van der Waals surface area contributed by atoms with Crippen LogP contribution in [0.2, 0.25) is 10.0 Å². The summed E-state index contributed by atoms with van der Waals surface area (Å²) in [6.07, 6.45) is 3.00. The highest BCUT2D eigenvalue weighted by molar-refractivity contribution is 6.35. The average Bonchev–Trinajstić information content (AvgIpc) is 2.58. The average molecular weight is 369 g/mol. The Bertz CT molecular complexity index is 710. The molecular weight excluding hydrogens is 355 g/mol. The van der Waals surface area contributed by atoms with Crippen LogP contribution in [0.4, 0.5) is 0 Å². The van der Waals surface area contributed by atoms with Gasteiger partial charge in [0.05, 0.1) is 17.1 Å². The second-order valence-electron chi connectivity index (χ2n) is 4.59. The van der Waals surface area contributed by atoms with Crippen molar-refractivity contribution in [3.63, 3.8) is 0 Å². The smallest absolute Gasteiger partial charge is 0.338 e. The van der Waals surface area contributed by atoms with Crippen LogP contribution in [0.25, 0.3) is 0 Å². The van der Waals surface area contributed by atoms with E-state index in [2.05, 4.69) is 10.3 Å². The monoisotopic (exact) mass is 368 g/mol. The predicted octanol–water partition coefficient (Wildman–Crippen LogP) is 2.74. The van der Waals surface area contributed by atoms with Crippen LogP contribution < -0.4 is 10.1 Å². The van der Waals surface area contributed by atoms with E-state index in [1.54, 1.807) is 24.3 Å². The summed E-state index contributed by atoms with van der Waals surface area (Å²) < 4.78 is 10.3. The number of ether oxygens (including phenoxy) is 2. The number of hydrogen-bond donors (Lipinski definition) is 1. The predicted molar refractivity (Wildman–Crippen MR) is 89.5 cm³/mol. The van der Waals surface area contributed by atoms with Crippen molar-refractivity contribution in [1.29, 1.82) is 0 Å². The maximum absolute atomic E-state index is 11.7. The first-order chi connectivity index (χ1) is 11.6. The molecule has 0 bridgehead atoms. The molecule has 6 nitrogen and oxygen atoms in total. The van der Waals surface area contributed by atoms with Gasteiger partial charge in [0.2, 0.25) is 0 Å². The van der Waals surface area contributed by atoms with Gasteiger partial charge < -0.3 is 14.8 Å². The van der Waals surface area contributed by atoms with Gasteiger partial charge in [0.25, 0.3) is 5.91 Å². The number of rotatable bonds is 7. The lowest BCUT2D eigenvalue weighted by atomic mass is 10.3. The molecule has 0 radical (unpaired) electrons. The number of halogens is 2. The number of hydrogen-bond acceptors (Lipinski definition) is 5. The SMILES string of the molecule is O=C(COc1ccc(Cl)cc1Cl)NCCOC(=O)c1ccncc1. The van der Waals surface area contributed by atoms with Gasteiger partial charge in [-0.2, -0.15) is 0 Å². The molecule has 0 saturated heterocycles. The number of amides is 1. The Hall–Kier alpha value is -2.31. The molecule has 1 heterocycles. The molecule has 0 aliphatic carbocycles. The standard InChI is InChI=1S/C16H14Cl2N2O4/c17-12-1-2-14(13(18)9-12)24-10-15(21)20-7-8-23-16(22)11-3-5-19-6-4-11/h1-6,9H,7-8,10H2,(H,20,21). The summed E-state index contributed by atoms with van der Waals surface area (Å²) in [5, 5.41) is 3.37. The number of pyridine rings is 1. The van der Waals surface area contributed by atoms with Crippen molar-refractivity contribution < 1.29 is 19.1 Å². The number of aromatic nitrogens is 1. The van der Waals surface area contributed by atoms with Crippen molar-refractivity contribution in [2.24, 2.45) is 0 Å². The second-order valence-corrected chi connectivity index (χ2v) is 5.43. The number of nitrogens with one attached hydrogen (secondary N) is 1. The van der Waals surface area contributed by atoms with Crippen LogP contribution in [0, 0.1) is 0 Å². The van der Waals surface area contributed by atoms with Crippen molar-refractivity contribution in [2.45, 2.75) is 0 Å². The molecule has 1 aromatic heterocycles. The van der Waals surface area contributed by atoms with Gasteiger partial charge in [-0.1, -0.05) is 23.2 Å². The van der Waals surface area contributed by atoms with Crippen LogP contribution in [0.5, 0.6) is 5.75 Å². The van der Waals surface area contributed by atoms with E-state index in [9.17, 15) is 9.59 Å². The van der Waals surface area contributed by atoms with E-state index in [1.807, 2.05) is 0 Å². The zero-order chi connectivity index (χ0) is 17.4. The Labute approximate surface area is 148 Å². The van der Waals surface area contributed by atoms with E-state index in [0.29, 0.717) is 21.4 Å². The molecule has 126 valence electrons. The lowest BCUT2D eigenvalue weighted by Crippen LogP contribution is -2.32. The fourth-order valence-corrected chi connectivity index (χ4v) is 2.16. The van der Waals surface area contributed by atoms with Crippen molar-refractivity contribution >= 4 is 35.1 Å². The Balaban J connectivity index is 1.65. The van der Waals surface area contributed by atoms with E-state index in [0.717, 1.165) is 0 Å². The van der Waals surface area contributed by atoms with Gasteiger partial charge in [-0.15, -0.1) is 0 Å². The first-order valence-corrected chi connectivity index (χ1v) is 7.73. The maximum Gasteiger partial charge on any atom is 0.338 e. The minimum atomic E-state index is -0.476. The van der Waals surface area contributed by atoms with Crippen LogP contribution in [0.15, 0.2) is 42.7 Å². The zero-order valence-electron chi connectivity index (χ0n) is 12.5. The van der Waals surface area contributed by atoms with Crippen LogP contribution in [-0.2, 0) is 9.53 Å². The molecule has 0 atom stereocenters. The molecule has 1 amide bonds. The summed E-state index contributed by atoms with van der Waals surface area (Å²) in [6.45, 7) is 0.0155. The molecule has 0 fully saturated rings. The fourth-order valence-electron chi connectivity index (χ4n) is 1.69. The molecule has 1 N–H and O–H groups in total. The fraction of sp³-hybridized carbons (Fsp3) is 0.188. The first-order valence-electron chi connectivity index (χ1n) is 6.98. The van der Waals surface area contributed by atoms with Gasteiger partial charge in [-0.3, -0.25) is 9.78 Å². The summed E-state index contributed by atoms with van der Waals surface area (Å²) >= 11 is 11.7. The van der Waals surface area contributed by atoms with E-state index in [4.69, 9.17) is 32.7 Å². The van der Waals surface area contributed by atoms with Crippen molar-refractivity contribution in [2.75, 3.05) is 19.8 Å². The third-order valence-corrected chi connectivity index (χ3v) is 3.36. The van der Waals surface area contributed by atoms with E-state index >= 15 is 0 Å². The van der Waals surface area contributed by atoms with E-state index in [-0.39, 0.29) is 25.7 Å². The highest BCUT2D eigenvalue weighted by Crippen LogP contribution is 2.27. The quantitative estimate of drug-likeness (QED) is 0.600. The Morgan fingerprint density at radius 1 is 1.12 bits per heavy atom. The molecular formula is C16H14Cl2N2O4. The molecule has 8 heteroatoms. The number of nitrogens with zero attached hydrogens (tertiary/aromatic N) is 1. The molecule has 0 unspecified atom stereocenters. The highest BCUT2D eigenvalue weighted by Gasteiger charge is 2.08. The lowest BCUT2D eigenvalue weighted by molar-refractivity contribution is -0.123. The molecule has 1 aromatic carbocycles. The number of carbonyl (C=O) groups is 2. The summed E-state index contributed by atoms with van der Waals surface area (Å²) in [5.74, 6) is -0.475. The van der Waals surface area contributed by atoms with Gasteiger partial charge >= 0.3 is 5.97 Å². The summed E-state index contributed by atoms with van der Waals surface area (Å²) in [4.78, 5) is 27.1. The summed E-state index contributed by atoms with van der Waals surface area (Å²) in [6, 6.07) is 7.80.